The SMILES string of the molecule is Cc1cnc2c(c1)C1CN(C)CCC1N2c1ccc(-c2ccncc2)cn1. The third kappa shape index (κ3) is 2.79. The highest BCUT2D eigenvalue weighted by molar-refractivity contribution is 5.70. The number of hydrogen-bond donors (Lipinski definition) is 0. The highest BCUT2D eigenvalue weighted by Crippen LogP contribution is 2.46. The summed E-state index contributed by atoms with van der Waals surface area (Å²) in [5.41, 5.74) is 4.84. The van der Waals surface area contributed by atoms with E-state index in [4.69, 9.17) is 9.97 Å². The number of piperidine rings is 1. The van der Waals surface area contributed by atoms with Crippen molar-refractivity contribution in [2.24, 2.45) is 0 Å². The lowest BCUT2D eigenvalue weighted by Gasteiger charge is -2.36. The third-order valence-electron chi connectivity index (χ3n) is 5.78. The number of aryl methyl sites for hydroxylation is 1. The average Bonchev–Trinajstić information content (AvgIpc) is 3.02. The molecule has 5 nitrogen and oxygen atoms in total. The van der Waals surface area contributed by atoms with E-state index in [1.807, 2.05) is 36.9 Å². The molecule has 2 atom stereocenters. The molecule has 3 aromatic heterocycles. The van der Waals surface area contributed by atoms with E-state index in [9.17, 15) is 0 Å². The van der Waals surface area contributed by atoms with Gasteiger partial charge in [-0.15, -0.1) is 0 Å². The Bertz CT molecular complexity index is 954. The molecule has 1 saturated heterocycles. The van der Waals surface area contributed by atoms with Gasteiger partial charge >= 0.3 is 0 Å². The predicted octanol–water partition coefficient (Wildman–Crippen LogP) is 3.79. The van der Waals surface area contributed by atoms with E-state index >= 15 is 0 Å². The molecule has 0 aromatic carbocycles. The van der Waals surface area contributed by atoms with E-state index in [2.05, 4.69) is 47.0 Å². The zero-order chi connectivity index (χ0) is 18.4. The minimum atomic E-state index is 0.435. The standard InChI is InChI=1S/C22H23N5/c1-15-11-18-19-14-26(2)10-7-20(19)27(22(18)25-12-15)21-4-3-17(13-24-21)16-5-8-23-9-6-16/h3-6,8-9,11-13,19-20H,7,10,14H2,1-2H3. The molecule has 0 radical (unpaired) electrons. The Labute approximate surface area is 159 Å². The fourth-order valence-corrected chi connectivity index (χ4v) is 4.46. The normalized spacial score (nSPS) is 21.8. The summed E-state index contributed by atoms with van der Waals surface area (Å²) in [6, 6.07) is 11.0. The van der Waals surface area contributed by atoms with Crippen molar-refractivity contribution in [3.8, 4) is 11.1 Å². The minimum absolute atomic E-state index is 0.435. The van der Waals surface area contributed by atoms with Gasteiger partial charge in [-0.05, 0) is 62.3 Å². The largest absolute Gasteiger partial charge is 0.307 e. The van der Waals surface area contributed by atoms with Gasteiger partial charge in [0.15, 0.2) is 0 Å². The number of hydrogen-bond acceptors (Lipinski definition) is 5. The lowest BCUT2D eigenvalue weighted by molar-refractivity contribution is 0.235. The van der Waals surface area contributed by atoms with Crippen molar-refractivity contribution in [2.45, 2.75) is 25.3 Å². The fraction of sp³-hybridized carbons (Fsp3) is 0.318. The highest BCUT2D eigenvalue weighted by atomic mass is 15.3. The van der Waals surface area contributed by atoms with Crippen LogP contribution in [0.15, 0.2) is 55.1 Å². The van der Waals surface area contributed by atoms with Crippen LogP contribution in [0.3, 0.4) is 0 Å². The van der Waals surface area contributed by atoms with Gasteiger partial charge in [-0.2, -0.15) is 0 Å². The van der Waals surface area contributed by atoms with Crippen molar-refractivity contribution >= 4 is 11.6 Å². The molecule has 5 rings (SSSR count). The first kappa shape index (κ1) is 16.4. The maximum Gasteiger partial charge on any atom is 0.138 e. The van der Waals surface area contributed by atoms with E-state index in [-0.39, 0.29) is 0 Å². The van der Waals surface area contributed by atoms with Crippen LogP contribution in [0.2, 0.25) is 0 Å². The number of rotatable bonds is 2. The molecule has 2 aliphatic heterocycles. The summed E-state index contributed by atoms with van der Waals surface area (Å²) in [6.07, 6.45) is 8.69. The van der Waals surface area contributed by atoms with Crippen LogP contribution in [-0.4, -0.2) is 46.0 Å². The van der Waals surface area contributed by atoms with Gasteiger partial charge in [0, 0.05) is 54.4 Å². The second kappa shape index (κ2) is 6.43. The number of likely N-dealkylation sites (N-methyl/N-ethyl adjacent to an activating group) is 1. The van der Waals surface area contributed by atoms with Gasteiger partial charge in [-0.1, -0.05) is 6.07 Å². The maximum absolute atomic E-state index is 4.82. The Morgan fingerprint density at radius 3 is 2.63 bits per heavy atom. The monoisotopic (exact) mass is 357 g/mol. The van der Waals surface area contributed by atoms with Crippen molar-refractivity contribution in [1.82, 2.24) is 19.9 Å². The first-order valence-corrected chi connectivity index (χ1v) is 9.51. The molecular formula is C22H23N5. The van der Waals surface area contributed by atoms with Crippen molar-refractivity contribution in [3.05, 3.63) is 66.2 Å². The second-order valence-electron chi connectivity index (χ2n) is 7.66. The van der Waals surface area contributed by atoms with Crippen LogP contribution in [0.4, 0.5) is 11.6 Å². The maximum atomic E-state index is 4.82. The molecule has 27 heavy (non-hydrogen) atoms. The van der Waals surface area contributed by atoms with Gasteiger partial charge in [0.25, 0.3) is 0 Å². The summed E-state index contributed by atoms with van der Waals surface area (Å²) in [5.74, 6) is 2.56. The molecule has 0 saturated carbocycles. The van der Waals surface area contributed by atoms with Crippen molar-refractivity contribution in [1.29, 1.82) is 0 Å². The van der Waals surface area contributed by atoms with Gasteiger partial charge in [0.05, 0.1) is 0 Å². The van der Waals surface area contributed by atoms with E-state index in [0.29, 0.717) is 12.0 Å². The number of likely N-dealkylation sites (tertiary alicyclic amines) is 1. The van der Waals surface area contributed by atoms with Gasteiger partial charge in [0.2, 0.25) is 0 Å². The lowest BCUT2D eigenvalue weighted by Crippen LogP contribution is -2.43. The van der Waals surface area contributed by atoms with Gasteiger partial charge in [-0.3, -0.25) is 4.98 Å². The van der Waals surface area contributed by atoms with Crippen LogP contribution in [0.5, 0.6) is 0 Å². The molecule has 0 bridgehead atoms. The van der Waals surface area contributed by atoms with E-state index in [1.54, 1.807) is 0 Å². The second-order valence-corrected chi connectivity index (χ2v) is 7.66. The van der Waals surface area contributed by atoms with Crippen LogP contribution in [0.25, 0.3) is 11.1 Å². The van der Waals surface area contributed by atoms with Crippen LogP contribution in [-0.2, 0) is 0 Å². The molecule has 5 heteroatoms. The molecule has 5 heterocycles. The zero-order valence-corrected chi connectivity index (χ0v) is 15.7. The Morgan fingerprint density at radius 2 is 1.85 bits per heavy atom. The summed E-state index contributed by atoms with van der Waals surface area (Å²) in [7, 11) is 2.21. The smallest absolute Gasteiger partial charge is 0.138 e. The number of nitrogens with zero attached hydrogens (tertiary/aromatic N) is 5. The molecule has 3 aromatic rings. The molecule has 0 N–H and O–H groups in total. The summed E-state index contributed by atoms with van der Waals surface area (Å²) < 4.78 is 0. The van der Waals surface area contributed by atoms with E-state index in [1.165, 1.54) is 11.1 Å². The summed E-state index contributed by atoms with van der Waals surface area (Å²) in [6.45, 7) is 4.31. The van der Waals surface area contributed by atoms with Crippen molar-refractivity contribution in [2.75, 3.05) is 25.0 Å². The number of anilines is 2. The zero-order valence-electron chi connectivity index (χ0n) is 15.7. The number of pyridine rings is 3. The first-order valence-electron chi connectivity index (χ1n) is 9.51. The molecule has 2 aliphatic rings. The van der Waals surface area contributed by atoms with Gasteiger partial charge < -0.3 is 9.80 Å². The van der Waals surface area contributed by atoms with E-state index < -0.39 is 0 Å². The fourth-order valence-electron chi connectivity index (χ4n) is 4.46. The van der Waals surface area contributed by atoms with Crippen LogP contribution in [0, 0.1) is 6.92 Å². The van der Waals surface area contributed by atoms with E-state index in [0.717, 1.165) is 42.3 Å². The van der Waals surface area contributed by atoms with Gasteiger partial charge in [-0.25, -0.2) is 9.97 Å². The summed E-state index contributed by atoms with van der Waals surface area (Å²) >= 11 is 0. The molecule has 0 aliphatic carbocycles. The number of fused-ring (bicyclic) bond motifs is 3. The Hall–Kier alpha value is -2.79. The van der Waals surface area contributed by atoms with Crippen LogP contribution in [0.1, 0.15) is 23.5 Å². The molecule has 136 valence electrons. The quantitative estimate of drug-likeness (QED) is 0.698. The first-order chi connectivity index (χ1) is 13.2. The van der Waals surface area contributed by atoms with Crippen LogP contribution >= 0.6 is 0 Å². The lowest BCUT2D eigenvalue weighted by atomic mass is 9.89. The average molecular weight is 357 g/mol. The molecule has 0 amide bonds. The van der Waals surface area contributed by atoms with Gasteiger partial charge in [0.1, 0.15) is 11.6 Å². The minimum Gasteiger partial charge on any atom is -0.307 e. The summed E-state index contributed by atoms with van der Waals surface area (Å²) in [4.78, 5) is 18.5. The Kier molecular flexibility index (Phi) is 3.90. The van der Waals surface area contributed by atoms with Crippen LogP contribution < -0.4 is 4.90 Å². The molecule has 1 fully saturated rings. The predicted molar refractivity (Wildman–Crippen MR) is 107 cm³/mol. The third-order valence-corrected chi connectivity index (χ3v) is 5.78. The topological polar surface area (TPSA) is 45.2 Å². The molecular weight excluding hydrogens is 334 g/mol. The molecule has 0 spiro atoms. The summed E-state index contributed by atoms with van der Waals surface area (Å²) in [5, 5.41) is 0. The highest BCUT2D eigenvalue weighted by Gasteiger charge is 2.43. The Morgan fingerprint density at radius 1 is 1.00 bits per heavy atom. The van der Waals surface area contributed by atoms with Crippen molar-refractivity contribution in [3.63, 3.8) is 0 Å². The Balaban J connectivity index is 1.54. The molecule has 2 unspecified atom stereocenters. The number of aromatic nitrogens is 3. The van der Waals surface area contributed by atoms with Crippen molar-refractivity contribution < 1.29 is 0 Å².